The van der Waals surface area contributed by atoms with Gasteiger partial charge in [0.2, 0.25) is 0 Å². The second-order valence-corrected chi connectivity index (χ2v) is 1.57. The summed E-state index contributed by atoms with van der Waals surface area (Å²) < 4.78 is 0. The van der Waals surface area contributed by atoms with E-state index >= 15 is 0 Å². The summed E-state index contributed by atoms with van der Waals surface area (Å²) in [5.41, 5.74) is 15.7. The Balaban J connectivity index is 2.83. The van der Waals surface area contributed by atoms with Crippen LogP contribution in [0.25, 0.3) is 0 Å². The number of nitrogens with two attached hydrogens (primary N) is 3. The first kappa shape index (κ1) is 6.88. The van der Waals surface area contributed by atoms with Gasteiger partial charge in [-0.1, -0.05) is 0 Å². The fourth-order valence-electron chi connectivity index (χ4n) is 0.332. The molecule has 0 aliphatic rings. The largest absolute Gasteiger partial charge is 0.330 e. The molecule has 0 aliphatic heterocycles. The van der Waals surface area contributed by atoms with E-state index in [1.54, 1.807) is 0 Å². The Kier molecular flexibility index (Phi) is 3.98. The van der Waals surface area contributed by atoms with Crippen LogP contribution in [0.2, 0.25) is 0 Å². The van der Waals surface area contributed by atoms with Crippen molar-refractivity contribution in [1.29, 1.82) is 0 Å². The van der Waals surface area contributed by atoms with Crippen molar-refractivity contribution in [2.75, 3.05) is 13.1 Å². The average Bonchev–Trinajstić information content (AvgIpc) is 1.68. The molecule has 0 rings (SSSR count). The van der Waals surface area contributed by atoms with Gasteiger partial charge in [-0.2, -0.15) is 0 Å². The lowest BCUT2D eigenvalue weighted by Gasteiger charge is -2.03. The Morgan fingerprint density at radius 2 is 1.86 bits per heavy atom. The molecule has 0 aliphatic carbocycles. The fraction of sp³-hybridized carbons (Fsp3) is 1.00. The van der Waals surface area contributed by atoms with E-state index < -0.39 is 0 Å². The first-order valence-electron chi connectivity index (χ1n) is 2.47. The summed E-state index contributed by atoms with van der Waals surface area (Å²) in [6.45, 7) is 1.18. The molecule has 3 heteroatoms. The third-order valence-corrected chi connectivity index (χ3v) is 0.840. The van der Waals surface area contributed by atoms with E-state index in [9.17, 15) is 0 Å². The van der Waals surface area contributed by atoms with Crippen LogP contribution in [-0.2, 0) is 0 Å². The molecule has 0 amide bonds. The van der Waals surface area contributed by atoms with Crippen molar-refractivity contribution in [2.24, 2.45) is 17.2 Å². The summed E-state index contributed by atoms with van der Waals surface area (Å²) in [5.74, 6) is 0. The molecule has 6 N–H and O–H groups in total. The first-order chi connectivity index (χ1) is 3.31. The lowest BCUT2D eigenvalue weighted by molar-refractivity contribution is 0.631. The summed E-state index contributed by atoms with van der Waals surface area (Å²) in [7, 11) is 0. The predicted molar refractivity (Wildman–Crippen MR) is 30.7 cm³/mol. The Morgan fingerprint density at radius 1 is 1.29 bits per heavy atom. The van der Waals surface area contributed by atoms with E-state index in [1.165, 1.54) is 0 Å². The Hall–Kier alpha value is -0.120. The number of hydrogen-bond acceptors (Lipinski definition) is 3. The van der Waals surface area contributed by atoms with Crippen molar-refractivity contribution in [3.05, 3.63) is 0 Å². The highest BCUT2D eigenvalue weighted by Crippen LogP contribution is 1.77. The normalized spacial score (nSPS) is 14.1. The topological polar surface area (TPSA) is 78.1 Å². The molecule has 7 heavy (non-hydrogen) atoms. The van der Waals surface area contributed by atoms with Crippen molar-refractivity contribution in [2.45, 2.75) is 12.5 Å². The molecule has 0 saturated heterocycles. The highest BCUT2D eigenvalue weighted by atomic mass is 14.7. The molecule has 0 aromatic rings. The van der Waals surface area contributed by atoms with Crippen molar-refractivity contribution >= 4 is 0 Å². The highest BCUT2D eigenvalue weighted by Gasteiger charge is 1.93. The molecule has 0 bridgehead atoms. The molecule has 44 valence electrons. The molecule has 0 aromatic carbocycles. The van der Waals surface area contributed by atoms with Crippen LogP contribution in [-0.4, -0.2) is 19.1 Å². The summed E-state index contributed by atoms with van der Waals surface area (Å²) in [6.07, 6.45) is 0.830. The van der Waals surface area contributed by atoms with Gasteiger partial charge in [0, 0.05) is 12.6 Å². The van der Waals surface area contributed by atoms with Gasteiger partial charge in [0.05, 0.1) is 0 Å². The molecule has 0 spiro atoms. The molecule has 3 nitrogen and oxygen atoms in total. The van der Waals surface area contributed by atoms with Gasteiger partial charge in [-0.25, -0.2) is 0 Å². The quantitative estimate of drug-likeness (QED) is 0.412. The zero-order valence-electron chi connectivity index (χ0n) is 4.43. The third-order valence-electron chi connectivity index (χ3n) is 0.840. The summed E-state index contributed by atoms with van der Waals surface area (Å²) in [5, 5.41) is 0. The van der Waals surface area contributed by atoms with Gasteiger partial charge in [0.25, 0.3) is 0 Å². The van der Waals surface area contributed by atoms with Crippen LogP contribution in [0.5, 0.6) is 0 Å². The molecular weight excluding hydrogens is 90.1 g/mol. The molecule has 0 saturated carbocycles. The van der Waals surface area contributed by atoms with Crippen molar-refractivity contribution < 1.29 is 0 Å². The molecule has 0 fully saturated rings. The lowest BCUT2D eigenvalue weighted by atomic mass is 10.2. The smallest absolute Gasteiger partial charge is 0.0175 e. The molecule has 0 heterocycles. The van der Waals surface area contributed by atoms with Crippen LogP contribution in [0, 0.1) is 0 Å². The van der Waals surface area contributed by atoms with Crippen LogP contribution in [0.1, 0.15) is 6.42 Å². The van der Waals surface area contributed by atoms with E-state index in [1.807, 2.05) is 0 Å². The molecular formula is C4H13N3. The van der Waals surface area contributed by atoms with E-state index in [-0.39, 0.29) is 6.04 Å². The van der Waals surface area contributed by atoms with Crippen LogP contribution >= 0.6 is 0 Å². The van der Waals surface area contributed by atoms with Crippen molar-refractivity contribution in [3.63, 3.8) is 0 Å². The monoisotopic (exact) mass is 103 g/mol. The molecule has 1 atom stereocenters. The van der Waals surface area contributed by atoms with Gasteiger partial charge in [-0.05, 0) is 13.0 Å². The fourth-order valence-corrected chi connectivity index (χ4v) is 0.332. The second-order valence-electron chi connectivity index (χ2n) is 1.57. The van der Waals surface area contributed by atoms with E-state index in [0.29, 0.717) is 13.1 Å². The molecule has 0 radical (unpaired) electrons. The van der Waals surface area contributed by atoms with Crippen molar-refractivity contribution in [1.82, 2.24) is 0 Å². The van der Waals surface area contributed by atoms with Crippen LogP contribution in [0.15, 0.2) is 0 Å². The Morgan fingerprint density at radius 3 is 2.00 bits per heavy atom. The molecule has 1 unspecified atom stereocenters. The summed E-state index contributed by atoms with van der Waals surface area (Å²) in [4.78, 5) is 0. The Bertz CT molecular complexity index is 37.9. The predicted octanol–water partition coefficient (Wildman–Crippen LogP) is -1.38. The minimum Gasteiger partial charge on any atom is -0.330 e. The van der Waals surface area contributed by atoms with Crippen LogP contribution in [0.4, 0.5) is 0 Å². The van der Waals surface area contributed by atoms with Crippen LogP contribution < -0.4 is 17.2 Å². The maximum Gasteiger partial charge on any atom is 0.0175 e. The summed E-state index contributed by atoms with van der Waals surface area (Å²) >= 11 is 0. The van der Waals surface area contributed by atoms with Crippen LogP contribution in [0.3, 0.4) is 0 Å². The van der Waals surface area contributed by atoms with Gasteiger partial charge in [0.1, 0.15) is 0 Å². The zero-order chi connectivity index (χ0) is 5.70. The first-order valence-corrected chi connectivity index (χ1v) is 2.47. The van der Waals surface area contributed by atoms with Gasteiger partial charge in [0.15, 0.2) is 0 Å². The van der Waals surface area contributed by atoms with E-state index in [2.05, 4.69) is 0 Å². The van der Waals surface area contributed by atoms with E-state index in [4.69, 9.17) is 17.2 Å². The minimum atomic E-state index is 0.102. The van der Waals surface area contributed by atoms with Gasteiger partial charge < -0.3 is 17.2 Å². The zero-order valence-corrected chi connectivity index (χ0v) is 4.43. The number of hydrogen-bond donors (Lipinski definition) is 3. The number of rotatable bonds is 3. The van der Waals surface area contributed by atoms with Gasteiger partial charge in [-0.15, -0.1) is 0 Å². The van der Waals surface area contributed by atoms with Crippen molar-refractivity contribution in [3.8, 4) is 0 Å². The average molecular weight is 103 g/mol. The maximum absolute atomic E-state index is 5.38. The van der Waals surface area contributed by atoms with E-state index in [0.717, 1.165) is 6.42 Å². The van der Waals surface area contributed by atoms with Gasteiger partial charge >= 0.3 is 0 Å². The Labute approximate surface area is 43.9 Å². The second kappa shape index (κ2) is 4.05. The minimum absolute atomic E-state index is 0.102. The lowest BCUT2D eigenvalue weighted by Crippen LogP contribution is -2.31. The maximum atomic E-state index is 5.38. The van der Waals surface area contributed by atoms with Gasteiger partial charge in [-0.3, -0.25) is 0 Å². The standard InChI is InChI=1S/C4H13N3/c5-2-1-4(7)3-6/h4H,1-3,5-7H2. The highest BCUT2D eigenvalue weighted by molar-refractivity contribution is 4.60. The summed E-state index contributed by atoms with van der Waals surface area (Å²) in [6, 6.07) is 0.102. The molecule has 0 aromatic heterocycles. The SMILES string of the molecule is NCCC(N)CN. The third kappa shape index (κ3) is 3.72.